The van der Waals surface area contributed by atoms with Crippen LogP contribution in [-0.2, 0) is 64.4 Å². The van der Waals surface area contributed by atoms with Crippen LogP contribution < -0.4 is 36.2 Å². The molecular formula is C34H21Cu2N7O14S3. The molecular weight excluding hydrogens is 954 g/mol. The molecule has 316 valence electrons. The molecule has 0 saturated carbocycles. The number of nitrogens with one attached hydrogen (secondary N) is 2. The number of azo groups is 2. The van der Waals surface area contributed by atoms with Crippen molar-refractivity contribution in [3.05, 3.63) is 96.6 Å². The van der Waals surface area contributed by atoms with E-state index in [2.05, 4.69) is 31.1 Å². The monoisotopic (exact) mass is 973 g/mol. The number of hydrogen-bond acceptors (Lipinski definition) is 18. The Bertz CT molecular complexity index is 3160. The summed E-state index contributed by atoms with van der Waals surface area (Å²) < 4.78 is 96.4. The Morgan fingerprint density at radius 2 is 1.07 bits per heavy atom. The fourth-order valence-electron chi connectivity index (χ4n) is 5.39. The third-order valence-corrected chi connectivity index (χ3v) is 10.6. The second-order valence-corrected chi connectivity index (χ2v) is 16.1. The Labute approximate surface area is 362 Å². The van der Waals surface area contributed by atoms with Crippen LogP contribution in [0.5, 0.6) is 17.2 Å². The smallest absolute Gasteiger partial charge is 0.871 e. The first kappa shape index (κ1) is 46.6. The summed E-state index contributed by atoms with van der Waals surface area (Å²) >= 11 is 0. The predicted molar refractivity (Wildman–Crippen MR) is 194 cm³/mol. The van der Waals surface area contributed by atoms with E-state index in [9.17, 15) is 64.4 Å². The van der Waals surface area contributed by atoms with Crippen molar-refractivity contribution < 1.29 is 101 Å². The summed E-state index contributed by atoms with van der Waals surface area (Å²) in [4.78, 5) is 21.6. The molecule has 0 aliphatic rings. The molecule has 0 spiro atoms. The first-order valence-electron chi connectivity index (χ1n) is 15.6. The molecule has 2 amide bonds. The van der Waals surface area contributed by atoms with Crippen LogP contribution in [0.4, 0.5) is 38.9 Å². The number of carbonyl (C=O) groups is 2. The third-order valence-electron chi connectivity index (χ3n) is 8.02. The molecule has 6 aromatic carbocycles. The summed E-state index contributed by atoms with van der Waals surface area (Å²) in [5.74, 6) is -4.72. The minimum Gasteiger partial charge on any atom is -0.871 e. The minimum atomic E-state index is -5.44. The van der Waals surface area contributed by atoms with Gasteiger partial charge in [-0.25, -0.2) is 35.2 Å². The molecule has 60 heavy (non-hydrogen) atoms. The molecule has 0 aliphatic carbocycles. The molecule has 6 aromatic rings. The molecule has 2 radical (unpaired) electrons. The number of primary sulfonamides is 1. The maximum atomic E-state index is 13.3. The normalized spacial score (nSPS) is 12.0. The van der Waals surface area contributed by atoms with Gasteiger partial charge in [0.05, 0.1) is 43.4 Å². The van der Waals surface area contributed by atoms with E-state index in [-0.39, 0.29) is 75.6 Å². The first-order chi connectivity index (χ1) is 27.1. The number of carboxylic acid groups (broad SMARTS) is 1. The zero-order valence-electron chi connectivity index (χ0n) is 31.1. The van der Waals surface area contributed by atoms with E-state index >= 15 is 0 Å². The van der Waals surface area contributed by atoms with Gasteiger partial charge in [0.1, 0.15) is 20.2 Å². The Morgan fingerprint density at radius 1 is 0.600 bits per heavy atom. The van der Waals surface area contributed by atoms with Gasteiger partial charge in [0.2, 0.25) is 10.0 Å². The molecule has 0 bridgehead atoms. The fourth-order valence-corrected chi connectivity index (χ4v) is 7.21. The molecule has 6 rings (SSSR count). The fraction of sp³-hybridized carbons (Fsp3) is 0. The number of hydrogen-bond donors (Lipinski definition) is 3. The molecule has 0 saturated heterocycles. The van der Waals surface area contributed by atoms with Gasteiger partial charge in [0, 0.05) is 16.9 Å². The van der Waals surface area contributed by atoms with Crippen LogP contribution in [0.1, 0.15) is 13.2 Å². The number of urea groups is 1. The van der Waals surface area contributed by atoms with Crippen molar-refractivity contribution in [3.8, 4) is 17.2 Å². The van der Waals surface area contributed by atoms with E-state index in [4.69, 9.17) is 5.14 Å². The van der Waals surface area contributed by atoms with E-state index in [1.54, 1.807) is 0 Å². The number of rotatable bonds is 10. The van der Waals surface area contributed by atoms with Crippen LogP contribution in [0.15, 0.2) is 126 Å². The molecule has 0 aliphatic heterocycles. The SMILES string of the molecule is NS(=O)(=O)c1ccc([O-])c(N=Nc2c(S(=O)(=O)[O-])cc3cc(NC(=O)Nc4ccc5c([O-])c(N=Nc6ccccc6C(=O)[O-])c(S(=O)(=O)[O-])cc5c4)ccc3c2[O-])c1.[Cu+2].[Cu+2].[H+].[H+]. The summed E-state index contributed by atoms with van der Waals surface area (Å²) in [7, 11) is -15.1. The quantitative estimate of drug-likeness (QED) is 0.101. The van der Waals surface area contributed by atoms with Gasteiger partial charge in [0.25, 0.3) is 0 Å². The van der Waals surface area contributed by atoms with Gasteiger partial charge in [-0.15, -0.1) is 15.3 Å². The van der Waals surface area contributed by atoms with Crippen molar-refractivity contribution in [2.24, 2.45) is 25.6 Å². The van der Waals surface area contributed by atoms with Gasteiger partial charge in [-0.2, -0.15) is 5.11 Å². The second-order valence-electron chi connectivity index (χ2n) is 11.8. The van der Waals surface area contributed by atoms with Gasteiger partial charge in [-0.3, -0.25) is 0 Å². The van der Waals surface area contributed by atoms with Crippen molar-refractivity contribution in [1.82, 2.24) is 0 Å². The standard InChI is InChI=1S/C34H25N7O14S3.2Cu/c35-56(48,49)20-7-10-26(42)25(15-20)39-41-30-28(58(53,54)55)14-17-12-19(6-9-22(17)32(30)44)37-34(47)36-18-5-8-21-16(11-18)13-27(57(50,51)52)29(31(21)43)40-38-24-4-2-1-3-23(24)33(45)46;;/h1-15,42-44H,(H,45,46)(H2,35,48,49)(H2,36,37,47)(H,50,51,52)(H,53,54,55);;/q;2*+2/p-4. The average Bonchev–Trinajstić information content (AvgIpc) is 3.13. The Hall–Kier alpha value is -6.05. The van der Waals surface area contributed by atoms with E-state index in [0.29, 0.717) is 0 Å². The van der Waals surface area contributed by atoms with Crippen LogP contribution in [0.25, 0.3) is 21.5 Å². The summed E-state index contributed by atoms with van der Waals surface area (Å²) in [6.45, 7) is 0. The number of carbonyl (C=O) groups excluding carboxylic acids is 2. The number of aromatic carboxylic acids is 1. The number of nitrogens with two attached hydrogens (primary N) is 1. The Morgan fingerprint density at radius 3 is 1.52 bits per heavy atom. The summed E-state index contributed by atoms with van der Waals surface area (Å²) in [6.07, 6.45) is 0. The molecule has 26 heteroatoms. The summed E-state index contributed by atoms with van der Waals surface area (Å²) in [6, 6.07) is 15.1. The molecule has 4 N–H and O–H groups in total. The molecule has 0 atom stereocenters. The number of fused-ring (bicyclic) bond motifs is 2. The number of nitrogens with zero attached hydrogens (tertiary/aromatic N) is 4. The number of anilines is 2. The van der Waals surface area contributed by atoms with Crippen LogP contribution in [0.2, 0.25) is 0 Å². The molecule has 0 unspecified atom stereocenters. The molecule has 0 fully saturated rings. The third kappa shape index (κ3) is 10.0. The molecule has 21 nitrogen and oxygen atoms in total. The molecule has 0 aromatic heterocycles. The zero-order chi connectivity index (χ0) is 42.3. The van der Waals surface area contributed by atoms with Gasteiger partial charge >= 0.3 is 43.0 Å². The van der Waals surface area contributed by atoms with Gasteiger partial charge in [-0.05, 0) is 76.1 Å². The van der Waals surface area contributed by atoms with Gasteiger partial charge < -0.3 is 45.0 Å². The van der Waals surface area contributed by atoms with Crippen LogP contribution in [-0.4, -0.2) is 46.4 Å². The molecule has 0 heterocycles. The van der Waals surface area contributed by atoms with Gasteiger partial charge in [-0.1, -0.05) is 53.6 Å². The number of amides is 2. The topological polar surface area (TPSA) is 374 Å². The predicted octanol–water partition coefficient (Wildman–Crippen LogP) is 2.73. The van der Waals surface area contributed by atoms with Crippen molar-refractivity contribution in [2.45, 2.75) is 14.7 Å². The largest absolute Gasteiger partial charge is 2.00 e. The van der Waals surface area contributed by atoms with E-state index in [1.807, 2.05) is 0 Å². The van der Waals surface area contributed by atoms with Crippen molar-refractivity contribution in [1.29, 1.82) is 0 Å². The van der Waals surface area contributed by atoms with E-state index < -0.39 is 96.8 Å². The van der Waals surface area contributed by atoms with Crippen molar-refractivity contribution in [2.75, 3.05) is 10.6 Å². The van der Waals surface area contributed by atoms with Crippen molar-refractivity contribution in [3.63, 3.8) is 0 Å². The first-order valence-corrected chi connectivity index (χ1v) is 20.0. The van der Waals surface area contributed by atoms with E-state index in [0.717, 1.165) is 54.6 Å². The second kappa shape index (κ2) is 17.7. The van der Waals surface area contributed by atoms with Crippen LogP contribution >= 0.6 is 0 Å². The Balaban J connectivity index is 0.00000331. The van der Waals surface area contributed by atoms with E-state index in [1.165, 1.54) is 36.4 Å². The maximum Gasteiger partial charge on any atom is 2.00 e. The van der Waals surface area contributed by atoms with Crippen LogP contribution in [0.3, 0.4) is 0 Å². The summed E-state index contributed by atoms with van der Waals surface area (Å²) in [5.41, 5.74) is -3.36. The number of benzene rings is 6. The number of sulfonamides is 1. The maximum absolute atomic E-state index is 13.3. The minimum absolute atomic E-state index is 0. The summed E-state index contributed by atoms with van der Waals surface area (Å²) in [5, 5.41) is 73.6. The average molecular weight is 975 g/mol. The van der Waals surface area contributed by atoms with Crippen molar-refractivity contribution >= 4 is 97.9 Å². The zero-order valence-corrected chi connectivity index (χ0v) is 33.4. The number of carboxylic acids is 1. The van der Waals surface area contributed by atoms with Gasteiger partial charge in [0.15, 0.2) is 0 Å². The van der Waals surface area contributed by atoms with Crippen LogP contribution in [0, 0.1) is 0 Å². The Kier molecular flexibility index (Phi) is 13.7.